The zero-order chi connectivity index (χ0) is 12.1. The Bertz CT molecular complexity index is 403. The Morgan fingerprint density at radius 3 is 2.71 bits per heavy atom. The summed E-state index contributed by atoms with van der Waals surface area (Å²) in [7, 11) is 1.96. The van der Waals surface area contributed by atoms with Gasteiger partial charge in [-0.3, -0.25) is 4.79 Å². The van der Waals surface area contributed by atoms with Gasteiger partial charge in [0.15, 0.2) is 0 Å². The van der Waals surface area contributed by atoms with E-state index in [-0.39, 0.29) is 5.97 Å². The molecule has 17 heavy (non-hydrogen) atoms. The van der Waals surface area contributed by atoms with Crippen LogP contribution in [0.3, 0.4) is 0 Å². The van der Waals surface area contributed by atoms with Gasteiger partial charge in [0.1, 0.15) is 13.2 Å². The zero-order valence-electron chi connectivity index (χ0n) is 9.87. The van der Waals surface area contributed by atoms with Gasteiger partial charge in [0.2, 0.25) is 0 Å². The molecule has 0 aromatic heterocycles. The fourth-order valence-electron chi connectivity index (χ4n) is 1.64. The Balaban J connectivity index is 1.73. The Labute approximate surface area is 101 Å². The first-order valence-corrected chi connectivity index (χ1v) is 5.56. The predicted molar refractivity (Wildman–Crippen MR) is 64.7 cm³/mol. The van der Waals surface area contributed by atoms with Crippen LogP contribution in [0, 0.1) is 0 Å². The number of carbonyl (C=O) groups excluding carboxylic acids is 1. The molecule has 4 nitrogen and oxygen atoms in total. The Hall–Kier alpha value is -1.97. The third-order valence-electron chi connectivity index (χ3n) is 2.51. The van der Waals surface area contributed by atoms with Gasteiger partial charge in [-0.2, -0.15) is 0 Å². The van der Waals surface area contributed by atoms with Crippen molar-refractivity contribution >= 4 is 5.97 Å². The van der Waals surface area contributed by atoms with Crippen molar-refractivity contribution < 1.29 is 9.53 Å². The monoisotopic (exact) mass is 232 g/mol. The molecular formula is C13H16N2O2. The van der Waals surface area contributed by atoms with Crippen molar-refractivity contribution in [2.24, 2.45) is 0 Å². The fraction of sp³-hybridized carbons (Fsp3) is 0.308. The highest BCUT2D eigenvalue weighted by Crippen LogP contribution is 2.05. The highest BCUT2D eigenvalue weighted by atomic mass is 16.5. The number of esters is 1. The second-order valence-electron chi connectivity index (χ2n) is 4.09. The van der Waals surface area contributed by atoms with Crippen LogP contribution >= 0.6 is 0 Å². The van der Waals surface area contributed by atoms with E-state index in [4.69, 9.17) is 4.74 Å². The first kappa shape index (κ1) is 11.5. The molecule has 0 bridgehead atoms. The van der Waals surface area contributed by atoms with Crippen LogP contribution in [0.15, 0.2) is 42.7 Å². The third kappa shape index (κ3) is 3.52. The molecule has 4 heteroatoms. The highest BCUT2D eigenvalue weighted by molar-refractivity contribution is 5.71. The SMILES string of the molecule is CN1C=CN(CC(=O)OCc2ccccc2)C1. The van der Waals surface area contributed by atoms with E-state index in [0.717, 1.165) is 12.2 Å². The first-order chi connectivity index (χ1) is 8.24. The van der Waals surface area contributed by atoms with E-state index in [1.54, 1.807) is 0 Å². The quantitative estimate of drug-likeness (QED) is 0.735. The lowest BCUT2D eigenvalue weighted by Gasteiger charge is -2.16. The number of hydrogen-bond acceptors (Lipinski definition) is 4. The molecular weight excluding hydrogens is 216 g/mol. The molecule has 0 N–H and O–H groups in total. The molecule has 2 rings (SSSR count). The number of carbonyl (C=O) groups is 1. The van der Waals surface area contributed by atoms with Crippen molar-refractivity contribution in [3.05, 3.63) is 48.3 Å². The van der Waals surface area contributed by atoms with E-state index in [1.807, 2.05) is 59.6 Å². The summed E-state index contributed by atoms with van der Waals surface area (Å²) in [4.78, 5) is 15.5. The molecule has 0 spiro atoms. The molecule has 1 aromatic rings. The van der Waals surface area contributed by atoms with Gasteiger partial charge in [-0.1, -0.05) is 30.3 Å². The van der Waals surface area contributed by atoms with E-state index in [9.17, 15) is 4.79 Å². The Morgan fingerprint density at radius 1 is 1.29 bits per heavy atom. The van der Waals surface area contributed by atoms with E-state index in [2.05, 4.69) is 0 Å². The van der Waals surface area contributed by atoms with Crippen LogP contribution in [0.2, 0.25) is 0 Å². The summed E-state index contributed by atoms with van der Waals surface area (Å²) in [6.45, 7) is 1.38. The number of hydrogen-bond donors (Lipinski definition) is 0. The van der Waals surface area contributed by atoms with E-state index < -0.39 is 0 Å². The highest BCUT2D eigenvalue weighted by Gasteiger charge is 2.13. The van der Waals surface area contributed by atoms with Crippen molar-refractivity contribution in [1.82, 2.24) is 9.80 Å². The van der Waals surface area contributed by atoms with Gasteiger partial charge in [0.05, 0.1) is 6.67 Å². The lowest BCUT2D eigenvalue weighted by molar-refractivity contribution is -0.145. The molecule has 0 unspecified atom stereocenters. The first-order valence-electron chi connectivity index (χ1n) is 5.56. The molecule has 1 aliphatic rings. The molecule has 1 aromatic carbocycles. The smallest absolute Gasteiger partial charge is 0.325 e. The topological polar surface area (TPSA) is 32.8 Å². The minimum atomic E-state index is -0.200. The van der Waals surface area contributed by atoms with Gasteiger partial charge in [-0.25, -0.2) is 0 Å². The van der Waals surface area contributed by atoms with Crippen LogP contribution in [-0.4, -0.2) is 36.0 Å². The van der Waals surface area contributed by atoms with Crippen LogP contribution in [0.5, 0.6) is 0 Å². The van der Waals surface area contributed by atoms with E-state index in [0.29, 0.717) is 13.2 Å². The van der Waals surface area contributed by atoms with Crippen LogP contribution in [0.25, 0.3) is 0 Å². The molecule has 0 radical (unpaired) electrons. The molecule has 90 valence electrons. The molecule has 0 amide bonds. The van der Waals surface area contributed by atoms with Gasteiger partial charge in [0, 0.05) is 19.4 Å². The Kier molecular flexibility index (Phi) is 3.65. The Morgan fingerprint density at radius 2 is 2.06 bits per heavy atom. The summed E-state index contributed by atoms with van der Waals surface area (Å²) in [6, 6.07) is 9.69. The summed E-state index contributed by atoms with van der Waals surface area (Å²) >= 11 is 0. The van der Waals surface area contributed by atoms with Crippen molar-refractivity contribution in [2.75, 3.05) is 20.3 Å². The van der Waals surface area contributed by atoms with Crippen LogP contribution < -0.4 is 0 Å². The van der Waals surface area contributed by atoms with Crippen LogP contribution in [0.1, 0.15) is 5.56 Å². The maximum atomic E-state index is 11.6. The summed E-state index contributed by atoms with van der Waals surface area (Å²) in [5.74, 6) is -0.200. The van der Waals surface area contributed by atoms with Crippen molar-refractivity contribution in [3.63, 3.8) is 0 Å². The lowest BCUT2D eigenvalue weighted by Crippen LogP contribution is -2.29. The number of nitrogens with zero attached hydrogens (tertiary/aromatic N) is 2. The van der Waals surface area contributed by atoms with E-state index in [1.165, 1.54) is 0 Å². The summed E-state index contributed by atoms with van der Waals surface area (Å²) in [5.41, 5.74) is 1.01. The fourth-order valence-corrected chi connectivity index (χ4v) is 1.64. The van der Waals surface area contributed by atoms with Gasteiger partial charge >= 0.3 is 5.97 Å². The third-order valence-corrected chi connectivity index (χ3v) is 2.51. The second-order valence-corrected chi connectivity index (χ2v) is 4.09. The normalized spacial score (nSPS) is 14.2. The van der Waals surface area contributed by atoms with Crippen molar-refractivity contribution in [2.45, 2.75) is 6.61 Å². The summed E-state index contributed by atoms with van der Waals surface area (Å²) < 4.78 is 5.19. The number of rotatable bonds is 4. The van der Waals surface area contributed by atoms with Crippen LogP contribution in [-0.2, 0) is 16.1 Å². The lowest BCUT2D eigenvalue weighted by atomic mass is 10.2. The molecule has 0 atom stereocenters. The molecule has 0 aliphatic carbocycles. The average Bonchev–Trinajstić information content (AvgIpc) is 2.73. The molecule has 0 saturated heterocycles. The molecule has 1 heterocycles. The summed E-state index contributed by atoms with van der Waals surface area (Å²) in [5, 5.41) is 0. The van der Waals surface area contributed by atoms with Gasteiger partial charge in [-0.15, -0.1) is 0 Å². The second kappa shape index (κ2) is 5.39. The van der Waals surface area contributed by atoms with E-state index >= 15 is 0 Å². The molecule has 0 fully saturated rings. The van der Waals surface area contributed by atoms with Gasteiger partial charge < -0.3 is 14.5 Å². The molecule has 0 saturated carbocycles. The van der Waals surface area contributed by atoms with Gasteiger partial charge in [0.25, 0.3) is 0 Å². The maximum absolute atomic E-state index is 11.6. The van der Waals surface area contributed by atoms with Crippen LogP contribution in [0.4, 0.5) is 0 Å². The number of benzene rings is 1. The largest absolute Gasteiger partial charge is 0.459 e. The van der Waals surface area contributed by atoms with Gasteiger partial charge in [-0.05, 0) is 5.56 Å². The van der Waals surface area contributed by atoms with Crippen molar-refractivity contribution in [3.8, 4) is 0 Å². The minimum Gasteiger partial charge on any atom is -0.459 e. The average molecular weight is 232 g/mol. The zero-order valence-corrected chi connectivity index (χ0v) is 9.87. The number of ether oxygens (including phenoxy) is 1. The standard InChI is InChI=1S/C13H16N2O2/c1-14-7-8-15(11-14)9-13(16)17-10-12-5-3-2-4-6-12/h2-8H,9-11H2,1H3. The van der Waals surface area contributed by atoms with Crippen molar-refractivity contribution in [1.29, 1.82) is 0 Å². The predicted octanol–water partition coefficient (Wildman–Crippen LogP) is 1.41. The minimum absolute atomic E-state index is 0.200. The summed E-state index contributed by atoms with van der Waals surface area (Å²) in [6.07, 6.45) is 3.83. The molecule has 1 aliphatic heterocycles. The maximum Gasteiger partial charge on any atom is 0.325 e.